The lowest BCUT2D eigenvalue weighted by atomic mass is 10.1. The molecule has 0 spiro atoms. The van der Waals surface area contributed by atoms with Crippen LogP contribution in [0.3, 0.4) is 0 Å². The summed E-state index contributed by atoms with van der Waals surface area (Å²) in [7, 11) is 0. The Labute approximate surface area is 155 Å². The summed E-state index contributed by atoms with van der Waals surface area (Å²) in [5, 5.41) is 0.699. The number of ether oxygens (including phenoxy) is 1. The number of piperidine rings is 1. The molecule has 2 aliphatic heterocycles. The Morgan fingerprint density at radius 3 is 2.44 bits per heavy atom. The van der Waals surface area contributed by atoms with Crippen molar-refractivity contribution < 1.29 is 9.53 Å². The largest absolute Gasteiger partial charge is 0.492 e. The molecule has 0 aliphatic carbocycles. The number of halogens is 1. The number of benzene rings is 1. The van der Waals surface area contributed by atoms with Gasteiger partial charge in [0.05, 0.1) is 6.54 Å². The molecule has 6 heteroatoms. The highest BCUT2D eigenvalue weighted by Gasteiger charge is 2.22. The summed E-state index contributed by atoms with van der Waals surface area (Å²) in [5.74, 6) is 1.12. The summed E-state index contributed by atoms with van der Waals surface area (Å²) in [5.41, 5.74) is 0. The maximum absolute atomic E-state index is 12.3. The van der Waals surface area contributed by atoms with Crippen molar-refractivity contribution in [3.8, 4) is 5.75 Å². The number of nitrogens with zero attached hydrogens (tertiary/aromatic N) is 3. The van der Waals surface area contributed by atoms with E-state index in [1.165, 1.54) is 6.42 Å². The number of likely N-dealkylation sites (tertiary alicyclic amines) is 1. The Hall–Kier alpha value is -1.30. The Morgan fingerprint density at radius 1 is 1.00 bits per heavy atom. The Kier molecular flexibility index (Phi) is 6.96. The van der Waals surface area contributed by atoms with Crippen LogP contribution in [0.2, 0.25) is 5.02 Å². The molecule has 2 fully saturated rings. The number of hydrogen-bond acceptors (Lipinski definition) is 4. The zero-order valence-electron chi connectivity index (χ0n) is 14.8. The van der Waals surface area contributed by atoms with E-state index in [2.05, 4.69) is 9.80 Å². The van der Waals surface area contributed by atoms with Crippen LogP contribution in [0, 0.1) is 0 Å². The fraction of sp³-hybridized carbons (Fsp3) is 0.632. The number of piperazine rings is 1. The molecule has 0 unspecified atom stereocenters. The molecule has 2 saturated heterocycles. The van der Waals surface area contributed by atoms with Gasteiger partial charge in [-0.1, -0.05) is 17.7 Å². The highest BCUT2D eigenvalue weighted by molar-refractivity contribution is 6.30. The van der Waals surface area contributed by atoms with Crippen molar-refractivity contribution in [1.29, 1.82) is 0 Å². The maximum Gasteiger partial charge on any atom is 0.236 e. The lowest BCUT2D eigenvalue weighted by Crippen LogP contribution is -2.51. The number of carbonyl (C=O) groups excluding carboxylic acids is 1. The Morgan fingerprint density at radius 2 is 1.72 bits per heavy atom. The molecule has 1 amide bonds. The molecule has 138 valence electrons. The van der Waals surface area contributed by atoms with E-state index < -0.39 is 0 Å². The normalized spacial score (nSPS) is 19.8. The van der Waals surface area contributed by atoms with Crippen molar-refractivity contribution in [3.05, 3.63) is 29.3 Å². The standard InChI is InChI=1S/C19H28ClN3O2/c20-17-5-4-6-18(15-17)25-14-13-21-9-11-22(12-10-21)16-19(24)23-7-2-1-3-8-23/h4-6,15H,1-3,7-14,16H2. The number of hydrogen-bond donors (Lipinski definition) is 0. The summed E-state index contributed by atoms with van der Waals surface area (Å²) in [4.78, 5) is 19.1. The summed E-state index contributed by atoms with van der Waals surface area (Å²) < 4.78 is 5.76. The van der Waals surface area contributed by atoms with E-state index in [4.69, 9.17) is 16.3 Å². The smallest absolute Gasteiger partial charge is 0.236 e. The average Bonchev–Trinajstić information content (AvgIpc) is 2.64. The van der Waals surface area contributed by atoms with Crippen LogP contribution in [0.4, 0.5) is 0 Å². The molecule has 1 aromatic rings. The molecular formula is C19H28ClN3O2. The van der Waals surface area contributed by atoms with Crippen LogP contribution in [0.5, 0.6) is 5.75 Å². The summed E-state index contributed by atoms with van der Waals surface area (Å²) in [6.07, 6.45) is 3.58. The van der Waals surface area contributed by atoms with Crippen LogP contribution in [0.15, 0.2) is 24.3 Å². The van der Waals surface area contributed by atoms with Crippen molar-refractivity contribution in [2.24, 2.45) is 0 Å². The molecule has 0 aromatic heterocycles. The fourth-order valence-corrected chi connectivity index (χ4v) is 3.64. The van der Waals surface area contributed by atoms with E-state index in [0.29, 0.717) is 24.1 Å². The van der Waals surface area contributed by atoms with Crippen molar-refractivity contribution in [2.75, 3.05) is 59.0 Å². The molecule has 25 heavy (non-hydrogen) atoms. The van der Waals surface area contributed by atoms with E-state index in [1.54, 1.807) is 0 Å². The van der Waals surface area contributed by atoms with Gasteiger partial charge >= 0.3 is 0 Å². The molecule has 2 aliphatic rings. The second kappa shape index (κ2) is 9.41. The minimum Gasteiger partial charge on any atom is -0.492 e. The first-order valence-electron chi connectivity index (χ1n) is 9.31. The van der Waals surface area contributed by atoms with E-state index in [-0.39, 0.29) is 0 Å². The molecule has 1 aromatic carbocycles. The monoisotopic (exact) mass is 365 g/mol. The number of carbonyl (C=O) groups is 1. The van der Waals surface area contributed by atoms with E-state index in [1.807, 2.05) is 29.2 Å². The minimum atomic E-state index is 0.303. The molecule has 3 rings (SSSR count). The van der Waals surface area contributed by atoms with Crippen molar-refractivity contribution in [3.63, 3.8) is 0 Å². The van der Waals surface area contributed by atoms with Gasteiger partial charge < -0.3 is 9.64 Å². The summed E-state index contributed by atoms with van der Waals surface area (Å²) in [6.45, 7) is 7.92. The molecule has 0 N–H and O–H groups in total. The van der Waals surface area contributed by atoms with Crippen LogP contribution < -0.4 is 4.74 Å². The van der Waals surface area contributed by atoms with Crippen LogP contribution in [0.1, 0.15) is 19.3 Å². The van der Waals surface area contributed by atoms with Crippen LogP contribution in [-0.2, 0) is 4.79 Å². The number of rotatable bonds is 6. The molecule has 0 radical (unpaired) electrons. The zero-order valence-corrected chi connectivity index (χ0v) is 15.6. The topological polar surface area (TPSA) is 36.0 Å². The second-order valence-electron chi connectivity index (χ2n) is 6.87. The average molecular weight is 366 g/mol. The van der Waals surface area contributed by atoms with Gasteiger partial charge in [-0.15, -0.1) is 0 Å². The third-order valence-corrected chi connectivity index (χ3v) is 5.24. The fourth-order valence-electron chi connectivity index (χ4n) is 3.45. The Bertz CT molecular complexity index is 555. The highest BCUT2D eigenvalue weighted by Crippen LogP contribution is 2.17. The van der Waals surface area contributed by atoms with Gasteiger partial charge in [0.25, 0.3) is 0 Å². The first-order chi connectivity index (χ1) is 12.2. The van der Waals surface area contributed by atoms with Gasteiger partial charge in [-0.2, -0.15) is 0 Å². The van der Waals surface area contributed by atoms with Crippen LogP contribution in [-0.4, -0.2) is 79.6 Å². The maximum atomic E-state index is 12.3. The lowest BCUT2D eigenvalue weighted by Gasteiger charge is -2.36. The summed E-state index contributed by atoms with van der Waals surface area (Å²) >= 11 is 5.96. The SMILES string of the molecule is O=C(CN1CCN(CCOc2cccc(Cl)c2)CC1)N1CCCCC1. The third kappa shape index (κ3) is 5.87. The van der Waals surface area contributed by atoms with E-state index in [0.717, 1.165) is 64.4 Å². The van der Waals surface area contributed by atoms with E-state index >= 15 is 0 Å². The molecule has 0 saturated carbocycles. The van der Waals surface area contributed by atoms with Crippen molar-refractivity contribution >= 4 is 17.5 Å². The molecular weight excluding hydrogens is 338 g/mol. The summed E-state index contributed by atoms with van der Waals surface area (Å²) in [6, 6.07) is 7.51. The van der Waals surface area contributed by atoms with Crippen LogP contribution >= 0.6 is 11.6 Å². The first kappa shape index (κ1) is 18.5. The third-order valence-electron chi connectivity index (χ3n) is 5.00. The molecule has 5 nitrogen and oxygen atoms in total. The van der Waals surface area contributed by atoms with Crippen molar-refractivity contribution in [1.82, 2.24) is 14.7 Å². The van der Waals surface area contributed by atoms with Crippen molar-refractivity contribution in [2.45, 2.75) is 19.3 Å². The second-order valence-corrected chi connectivity index (χ2v) is 7.30. The highest BCUT2D eigenvalue weighted by atomic mass is 35.5. The van der Waals surface area contributed by atoms with Gasteiger partial charge in [-0.05, 0) is 37.5 Å². The Balaban J connectivity index is 1.32. The predicted molar refractivity (Wildman–Crippen MR) is 100 cm³/mol. The van der Waals surface area contributed by atoms with Gasteiger partial charge in [0.2, 0.25) is 5.91 Å². The minimum absolute atomic E-state index is 0.303. The number of amides is 1. The van der Waals surface area contributed by atoms with Gasteiger partial charge in [-0.25, -0.2) is 0 Å². The lowest BCUT2D eigenvalue weighted by molar-refractivity contribution is -0.133. The first-order valence-corrected chi connectivity index (χ1v) is 9.69. The van der Waals surface area contributed by atoms with Gasteiger partial charge in [0, 0.05) is 50.8 Å². The quantitative estimate of drug-likeness (QED) is 0.775. The predicted octanol–water partition coefficient (Wildman–Crippen LogP) is 2.35. The van der Waals surface area contributed by atoms with Gasteiger partial charge in [-0.3, -0.25) is 14.6 Å². The molecule has 0 atom stereocenters. The zero-order chi connectivity index (χ0) is 17.5. The van der Waals surface area contributed by atoms with Gasteiger partial charge in [0.1, 0.15) is 12.4 Å². The van der Waals surface area contributed by atoms with Gasteiger partial charge in [0.15, 0.2) is 0 Å². The molecule has 0 bridgehead atoms. The molecule has 2 heterocycles. The van der Waals surface area contributed by atoms with E-state index in [9.17, 15) is 4.79 Å². The van der Waals surface area contributed by atoms with Crippen LogP contribution in [0.25, 0.3) is 0 Å².